The van der Waals surface area contributed by atoms with Crippen molar-refractivity contribution in [3.63, 3.8) is 0 Å². The van der Waals surface area contributed by atoms with Crippen LogP contribution in [0.4, 0.5) is 0 Å². The summed E-state index contributed by atoms with van der Waals surface area (Å²) in [4.78, 5) is 0. The van der Waals surface area contributed by atoms with E-state index in [1.54, 1.807) is 6.26 Å². The molecular formula is C9H19NO2. The highest BCUT2D eigenvalue weighted by molar-refractivity contribution is 4.87. The van der Waals surface area contributed by atoms with Crippen LogP contribution in [-0.2, 0) is 9.47 Å². The maximum Gasteiger partial charge on any atom is 0.130 e. The summed E-state index contributed by atoms with van der Waals surface area (Å²) in [5.74, 6) is 0.893. The Kier molecular flexibility index (Phi) is 7.91. The van der Waals surface area contributed by atoms with Gasteiger partial charge in [0.1, 0.15) is 12.0 Å². The summed E-state index contributed by atoms with van der Waals surface area (Å²) in [5.41, 5.74) is 5.38. The Labute approximate surface area is 74.5 Å². The normalized spacial score (nSPS) is 11.4. The second-order valence-electron chi connectivity index (χ2n) is 2.36. The minimum absolute atomic E-state index is 0.680. The van der Waals surface area contributed by atoms with E-state index in [0.717, 1.165) is 18.6 Å². The van der Waals surface area contributed by atoms with Crippen molar-refractivity contribution in [1.82, 2.24) is 0 Å². The van der Waals surface area contributed by atoms with Crippen LogP contribution in [0.3, 0.4) is 0 Å². The molecule has 0 fully saturated rings. The highest BCUT2D eigenvalue weighted by Crippen LogP contribution is 2.06. The Balaban J connectivity index is 3.68. The Bertz CT molecular complexity index is 124. The molecule has 0 saturated heterocycles. The molecule has 3 nitrogen and oxygen atoms in total. The smallest absolute Gasteiger partial charge is 0.130 e. The van der Waals surface area contributed by atoms with Crippen molar-refractivity contribution in [3.8, 4) is 0 Å². The van der Waals surface area contributed by atoms with Crippen molar-refractivity contribution in [2.45, 2.75) is 26.7 Å². The van der Waals surface area contributed by atoms with E-state index in [0.29, 0.717) is 19.8 Å². The third kappa shape index (κ3) is 6.04. The molecule has 0 spiro atoms. The van der Waals surface area contributed by atoms with Crippen LogP contribution in [-0.4, -0.2) is 19.8 Å². The van der Waals surface area contributed by atoms with Crippen LogP contribution in [0.25, 0.3) is 0 Å². The molecule has 12 heavy (non-hydrogen) atoms. The van der Waals surface area contributed by atoms with Gasteiger partial charge in [0.25, 0.3) is 0 Å². The summed E-state index contributed by atoms with van der Waals surface area (Å²) in [6.45, 7) is 5.96. The number of allylic oxidation sites excluding steroid dienone is 1. The van der Waals surface area contributed by atoms with Crippen molar-refractivity contribution in [3.05, 3.63) is 12.0 Å². The van der Waals surface area contributed by atoms with E-state index in [2.05, 4.69) is 0 Å². The molecule has 0 aromatic heterocycles. The molecule has 3 heteroatoms. The largest absolute Gasteiger partial charge is 0.498 e. The maximum absolute atomic E-state index is 5.38. The van der Waals surface area contributed by atoms with Crippen molar-refractivity contribution in [2.75, 3.05) is 19.8 Å². The highest BCUT2D eigenvalue weighted by Gasteiger charge is 1.96. The summed E-state index contributed by atoms with van der Waals surface area (Å²) in [7, 11) is 0. The van der Waals surface area contributed by atoms with Gasteiger partial charge in [-0.25, -0.2) is 0 Å². The fraction of sp³-hybridized carbons (Fsp3) is 0.778. The van der Waals surface area contributed by atoms with Crippen LogP contribution < -0.4 is 5.73 Å². The molecule has 0 bridgehead atoms. The first-order valence-electron chi connectivity index (χ1n) is 4.48. The highest BCUT2D eigenvalue weighted by atomic mass is 16.5. The number of nitrogens with two attached hydrogens (primary N) is 1. The van der Waals surface area contributed by atoms with Gasteiger partial charge < -0.3 is 15.2 Å². The fourth-order valence-electron chi connectivity index (χ4n) is 0.803. The van der Waals surface area contributed by atoms with Crippen molar-refractivity contribution in [2.24, 2.45) is 5.73 Å². The molecule has 72 valence electrons. The van der Waals surface area contributed by atoms with Crippen LogP contribution in [0.1, 0.15) is 26.7 Å². The van der Waals surface area contributed by atoms with Gasteiger partial charge in [-0.15, -0.1) is 0 Å². The van der Waals surface area contributed by atoms with Crippen LogP contribution in [0, 0.1) is 0 Å². The molecule has 0 atom stereocenters. The average Bonchev–Trinajstić information content (AvgIpc) is 2.10. The standard InChI is InChI=1S/C9H19NO2/c1-3-11-8-9(12-4-2)6-5-7-10/h8H,3-7,10H2,1-2H3. The second kappa shape index (κ2) is 8.40. The molecule has 0 aromatic carbocycles. The van der Waals surface area contributed by atoms with Gasteiger partial charge in [0.15, 0.2) is 0 Å². The molecule has 0 rings (SSSR count). The molecule has 0 aliphatic rings. The first kappa shape index (κ1) is 11.3. The lowest BCUT2D eigenvalue weighted by Gasteiger charge is -2.07. The SMILES string of the molecule is CCOC=C(CCCN)OCC. The Morgan fingerprint density at radius 3 is 2.58 bits per heavy atom. The molecule has 0 aromatic rings. The van der Waals surface area contributed by atoms with Gasteiger partial charge in [-0.3, -0.25) is 0 Å². The first-order valence-corrected chi connectivity index (χ1v) is 4.48. The summed E-state index contributed by atoms with van der Waals surface area (Å²) in [6.07, 6.45) is 3.49. The van der Waals surface area contributed by atoms with Crippen LogP contribution in [0.5, 0.6) is 0 Å². The predicted octanol–water partition coefficient (Wildman–Crippen LogP) is 1.64. The molecule has 0 aliphatic heterocycles. The van der Waals surface area contributed by atoms with Crippen molar-refractivity contribution >= 4 is 0 Å². The number of hydrogen-bond donors (Lipinski definition) is 1. The zero-order valence-electron chi connectivity index (χ0n) is 8.01. The van der Waals surface area contributed by atoms with Crippen LogP contribution in [0.15, 0.2) is 12.0 Å². The van der Waals surface area contributed by atoms with Gasteiger partial charge >= 0.3 is 0 Å². The molecule has 0 radical (unpaired) electrons. The molecule has 0 amide bonds. The Morgan fingerprint density at radius 2 is 2.08 bits per heavy atom. The Hall–Kier alpha value is -0.700. The average molecular weight is 173 g/mol. The van der Waals surface area contributed by atoms with Crippen LogP contribution in [0.2, 0.25) is 0 Å². The molecule has 0 heterocycles. The lowest BCUT2D eigenvalue weighted by molar-refractivity contribution is 0.182. The molecular weight excluding hydrogens is 154 g/mol. The lowest BCUT2D eigenvalue weighted by atomic mass is 10.3. The lowest BCUT2D eigenvalue weighted by Crippen LogP contribution is -2.01. The van der Waals surface area contributed by atoms with Gasteiger partial charge in [0, 0.05) is 6.42 Å². The first-order chi connectivity index (χ1) is 5.85. The van der Waals surface area contributed by atoms with Gasteiger partial charge in [0.05, 0.1) is 13.2 Å². The van der Waals surface area contributed by atoms with E-state index in [-0.39, 0.29) is 0 Å². The Morgan fingerprint density at radius 1 is 1.33 bits per heavy atom. The van der Waals surface area contributed by atoms with E-state index in [9.17, 15) is 0 Å². The van der Waals surface area contributed by atoms with E-state index in [1.807, 2.05) is 13.8 Å². The van der Waals surface area contributed by atoms with Crippen molar-refractivity contribution < 1.29 is 9.47 Å². The quantitative estimate of drug-likeness (QED) is 0.595. The third-order valence-corrected chi connectivity index (χ3v) is 1.34. The zero-order chi connectivity index (χ0) is 9.23. The number of ether oxygens (including phenoxy) is 2. The van der Waals surface area contributed by atoms with Gasteiger partial charge in [-0.05, 0) is 26.8 Å². The van der Waals surface area contributed by atoms with Gasteiger partial charge in [0.2, 0.25) is 0 Å². The topological polar surface area (TPSA) is 44.5 Å². The van der Waals surface area contributed by atoms with E-state index >= 15 is 0 Å². The number of hydrogen-bond acceptors (Lipinski definition) is 3. The van der Waals surface area contributed by atoms with E-state index in [4.69, 9.17) is 15.2 Å². The zero-order valence-corrected chi connectivity index (χ0v) is 8.01. The maximum atomic E-state index is 5.38. The molecule has 0 aliphatic carbocycles. The minimum Gasteiger partial charge on any atom is -0.498 e. The summed E-state index contributed by atoms with van der Waals surface area (Å²) in [5, 5.41) is 0. The van der Waals surface area contributed by atoms with E-state index in [1.165, 1.54) is 0 Å². The van der Waals surface area contributed by atoms with Crippen LogP contribution >= 0.6 is 0 Å². The van der Waals surface area contributed by atoms with Gasteiger partial charge in [-0.2, -0.15) is 0 Å². The summed E-state index contributed by atoms with van der Waals surface area (Å²) < 4.78 is 10.4. The summed E-state index contributed by atoms with van der Waals surface area (Å²) in [6, 6.07) is 0. The van der Waals surface area contributed by atoms with E-state index < -0.39 is 0 Å². The van der Waals surface area contributed by atoms with Crippen molar-refractivity contribution in [1.29, 1.82) is 0 Å². The summed E-state index contributed by atoms with van der Waals surface area (Å²) >= 11 is 0. The minimum atomic E-state index is 0.680. The second-order valence-corrected chi connectivity index (χ2v) is 2.36. The molecule has 0 saturated carbocycles. The number of rotatable bonds is 7. The molecule has 0 unspecified atom stereocenters. The predicted molar refractivity (Wildman–Crippen MR) is 49.6 cm³/mol. The third-order valence-electron chi connectivity index (χ3n) is 1.34. The fourth-order valence-corrected chi connectivity index (χ4v) is 0.803. The van der Waals surface area contributed by atoms with Gasteiger partial charge in [-0.1, -0.05) is 0 Å². The molecule has 2 N–H and O–H groups in total. The monoisotopic (exact) mass is 173 g/mol.